The van der Waals surface area contributed by atoms with Gasteiger partial charge in [0.05, 0.1) is 18.4 Å². The molecule has 0 saturated heterocycles. The van der Waals surface area contributed by atoms with Crippen LogP contribution in [-0.4, -0.2) is 22.8 Å². The Labute approximate surface area is 138 Å². The van der Waals surface area contributed by atoms with E-state index >= 15 is 0 Å². The van der Waals surface area contributed by atoms with E-state index in [1.54, 1.807) is 16.9 Å². The molecule has 0 aliphatic rings. The van der Waals surface area contributed by atoms with Crippen LogP contribution >= 0.6 is 0 Å². The van der Waals surface area contributed by atoms with Crippen molar-refractivity contribution < 1.29 is 13.9 Å². The van der Waals surface area contributed by atoms with Crippen LogP contribution in [-0.2, 0) is 6.54 Å². The van der Waals surface area contributed by atoms with Crippen molar-refractivity contribution in [3.8, 4) is 11.4 Å². The molecule has 0 unspecified atom stereocenters. The molecule has 0 aliphatic carbocycles. The van der Waals surface area contributed by atoms with Crippen LogP contribution in [0.1, 0.15) is 15.9 Å². The Bertz CT molecular complexity index is 830. The van der Waals surface area contributed by atoms with Gasteiger partial charge in [0.2, 0.25) is 0 Å². The molecule has 2 aromatic carbocycles. The summed E-state index contributed by atoms with van der Waals surface area (Å²) in [5.41, 5.74) is 1.83. The lowest BCUT2D eigenvalue weighted by Crippen LogP contribution is -2.23. The number of halogens is 1. The van der Waals surface area contributed by atoms with Gasteiger partial charge in [0.1, 0.15) is 11.6 Å². The van der Waals surface area contributed by atoms with E-state index in [0.29, 0.717) is 12.3 Å². The van der Waals surface area contributed by atoms with Crippen molar-refractivity contribution in [3.63, 3.8) is 0 Å². The number of hydrogen-bond acceptors (Lipinski definition) is 3. The van der Waals surface area contributed by atoms with Gasteiger partial charge >= 0.3 is 0 Å². The summed E-state index contributed by atoms with van der Waals surface area (Å²) in [5.74, 6) is -0.703. The van der Waals surface area contributed by atoms with Gasteiger partial charge < -0.3 is 10.1 Å². The smallest absolute Gasteiger partial charge is 0.254 e. The van der Waals surface area contributed by atoms with Gasteiger partial charge in [-0.15, -0.1) is 0 Å². The molecule has 24 heavy (non-hydrogen) atoms. The third-order valence-corrected chi connectivity index (χ3v) is 3.58. The minimum atomic E-state index is -0.610. The molecule has 0 saturated carbocycles. The van der Waals surface area contributed by atoms with Crippen molar-refractivity contribution in [1.29, 1.82) is 0 Å². The molecule has 3 rings (SSSR count). The van der Waals surface area contributed by atoms with Crippen molar-refractivity contribution >= 4 is 5.91 Å². The summed E-state index contributed by atoms with van der Waals surface area (Å²) < 4.78 is 20.5. The number of benzene rings is 2. The van der Waals surface area contributed by atoms with Gasteiger partial charge in [-0.1, -0.05) is 12.1 Å². The maximum Gasteiger partial charge on any atom is 0.254 e. The topological polar surface area (TPSA) is 56.1 Å². The third-order valence-electron chi connectivity index (χ3n) is 3.58. The molecule has 0 radical (unpaired) electrons. The molecule has 5 nitrogen and oxygen atoms in total. The molecule has 122 valence electrons. The van der Waals surface area contributed by atoms with Crippen LogP contribution in [0.2, 0.25) is 0 Å². The van der Waals surface area contributed by atoms with Crippen molar-refractivity contribution in [2.75, 3.05) is 7.11 Å². The van der Waals surface area contributed by atoms with Gasteiger partial charge in [0.25, 0.3) is 5.91 Å². The van der Waals surface area contributed by atoms with Crippen LogP contribution in [0.3, 0.4) is 0 Å². The van der Waals surface area contributed by atoms with E-state index in [0.717, 1.165) is 11.3 Å². The summed E-state index contributed by atoms with van der Waals surface area (Å²) in [7, 11) is 1.45. The predicted molar refractivity (Wildman–Crippen MR) is 87.7 cm³/mol. The first-order valence-corrected chi connectivity index (χ1v) is 7.38. The molecule has 1 heterocycles. The summed E-state index contributed by atoms with van der Waals surface area (Å²) in [6, 6.07) is 13.6. The number of nitrogens with one attached hydrogen (secondary N) is 1. The fourth-order valence-electron chi connectivity index (χ4n) is 2.27. The molecule has 1 amide bonds. The Morgan fingerprint density at radius 3 is 2.67 bits per heavy atom. The largest absolute Gasteiger partial charge is 0.497 e. The highest BCUT2D eigenvalue weighted by atomic mass is 19.1. The van der Waals surface area contributed by atoms with E-state index in [4.69, 9.17) is 4.74 Å². The Morgan fingerprint density at radius 1 is 1.25 bits per heavy atom. The van der Waals surface area contributed by atoms with E-state index < -0.39 is 11.7 Å². The average molecular weight is 325 g/mol. The zero-order valence-electron chi connectivity index (χ0n) is 13.1. The molecular weight excluding hydrogens is 309 g/mol. The molecule has 0 spiro atoms. The number of aromatic nitrogens is 2. The van der Waals surface area contributed by atoms with Crippen LogP contribution < -0.4 is 10.1 Å². The Balaban J connectivity index is 1.64. The molecule has 0 atom stereocenters. The summed E-state index contributed by atoms with van der Waals surface area (Å²) in [6.07, 6.45) is 3.56. The first kappa shape index (κ1) is 15.7. The highest BCUT2D eigenvalue weighted by Gasteiger charge is 2.12. The monoisotopic (exact) mass is 325 g/mol. The molecule has 0 aliphatic heterocycles. The number of ether oxygens (including phenoxy) is 1. The zero-order chi connectivity index (χ0) is 16.9. The second-order valence-electron chi connectivity index (χ2n) is 5.15. The standard InChI is InChI=1S/C18H16FN3O2/c1-24-15-7-8-16(17(19)11-15)18(23)20-12-13-3-5-14(6-4-13)22-10-2-9-21-22/h2-11H,12H2,1H3,(H,20,23). The number of amides is 1. The van der Waals surface area contributed by atoms with E-state index in [1.165, 1.54) is 19.2 Å². The number of hydrogen-bond donors (Lipinski definition) is 1. The van der Waals surface area contributed by atoms with Crippen molar-refractivity contribution in [3.05, 3.63) is 77.9 Å². The van der Waals surface area contributed by atoms with Crippen molar-refractivity contribution in [2.24, 2.45) is 0 Å². The number of carbonyl (C=O) groups is 1. The first-order chi connectivity index (χ1) is 11.7. The Kier molecular flexibility index (Phi) is 4.56. The summed E-state index contributed by atoms with van der Waals surface area (Å²) in [4.78, 5) is 12.1. The molecule has 1 aromatic heterocycles. The van der Waals surface area contributed by atoms with E-state index in [2.05, 4.69) is 10.4 Å². The fraction of sp³-hybridized carbons (Fsp3) is 0.111. The summed E-state index contributed by atoms with van der Waals surface area (Å²) in [6.45, 7) is 0.309. The lowest BCUT2D eigenvalue weighted by Gasteiger charge is -2.08. The van der Waals surface area contributed by atoms with Crippen molar-refractivity contribution in [1.82, 2.24) is 15.1 Å². The van der Waals surface area contributed by atoms with Crippen LogP contribution in [0.5, 0.6) is 5.75 Å². The van der Waals surface area contributed by atoms with Gasteiger partial charge in [-0.3, -0.25) is 4.79 Å². The number of rotatable bonds is 5. The molecular formula is C18H16FN3O2. The van der Waals surface area contributed by atoms with Crippen LogP contribution in [0.4, 0.5) is 4.39 Å². The quantitative estimate of drug-likeness (QED) is 0.785. The minimum Gasteiger partial charge on any atom is -0.497 e. The third kappa shape index (κ3) is 3.43. The maximum absolute atomic E-state index is 13.9. The van der Waals surface area contributed by atoms with Crippen molar-refractivity contribution in [2.45, 2.75) is 6.54 Å². The lowest BCUT2D eigenvalue weighted by molar-refractivity contribution is 0.0947. The van der Waals surface area contributed by atoms with Gasteiger partial charge in [-0.05, 0) is 35.9 Å². The van der Waals surface area contributed by atoms with Gasteiger partial charge in [0, 0.05) is 25.0 Å². The molecule has 3 aromatic rings. The van der Waals surface area contributed by atoms with Crippen LogP contribution in [0.25, 0.3) is 5.69 Å². The Morgan fingerprint density at radius 2 is 2.04 bits per heavy atom. The highest BCUT2D eigenvalue weighted by molar-refractivity contribution is 5.94. The summed E-state index contributed by atoms with van der Waals surface area (Å²) in [5, 5.41) is 6.85. The lowest BCUT2D eigenvalue weighted by atomic mass is 10.1. The average Bonchev–Trinajstić information content (AvgIpc) is 3.14. The minimum absolute atomic E-state index is 0.0102. The van der Waals surface area contributed by atoms with Gasteiger partial charge in [0.15, 0.2) is 0 Å². The maximum atomic E-state index is 13.9. The Hall–Kier alpha value is -3.15. The molecule has 1 N–H and O–H groups in total. The second kappa shape index (κ2) is 6.95. The van der Waals surface area contributed by atoms with Crippen LogP contribution in [0, 0.1) is 5.82 Å². The second-order valence-corrected chi connectivity index (χ2v) is 5.15. The number of carbonyl (C=O) groups excluding carboxylic acids is 1. The summed E-state index contributed by atoms with van der Waals surface area (Å²) >= 11 is 0. The molecule has 0 bridgehead atoms. The fourth-order valence-corrected chi connectivity index (χ4v) is 2.27. The van der Waals surface area contributed by atoms with Crippen LogP contribution in [0.15, 0.2) is 60.9 Å². The molecule has 0 fully saturated rings. The van der Waals surface area contributed by atoms with Gasteiger partial charge in [-0.2, -0.15) is 5.10 Å². The highest BCUT2D eigenvalue weighted by Crippen LogP contribution is 2.16. The van der Waals surface area contributed by atoms with E-state index in [-0.39, 0.29) is 5.56 Å². The van der Waals surface area contributed by atoms with E-state index in [1.807, 2.05) is 36.5 Å². The SMILES string of the molecule is COc1ccc(C(=O)NCc2ccc(-n3cccn3)cc2)c(F)c1. The normalized spacial score (nSPS) is 10.4. The number of nitrogens with zero attached hydrogens (tertiary/aromatic N) is 2. The van der Waals surface area contributed by atoms with Gasteiger partial charge in [-0.25, -0.2) is 9.07 Å². The number of methoxy groups -OCH3 is 1. The first-order valence-electron chi connectivity index (χ1n) is 7.38. The molecule has 6 heteroatoms. The zero-order valence-corrected chi connectivity index (χ0v) is 13.1. The predicted octanol–water partition coefficient (Wildman–Crippen LogP) is 2.95. The van der Waals surface area contributed by atoms with E-state index in [9.17, 15) is 9.18 Å².